The average molecular weight is 499 g/mol. The highest BCUT2D eigenvalue weighted by molar-refractivity contribution is 6.46. The van der Waals surface area contributed by atoms with E-state index in [1.165, 1.54) is 0 Å². The molecule has 2 aliphatic heterocycles. The van der Waals surface area contributed by atoms with Gasteiger partial charge in [0.05, 0.1) is 30.9 Å². The quantitative estimate of drug-likeness (QED) is 0.350. The Labute approximate surface area is 210 Å². The van der Waals surface area contributed by atoms with Gasteiger partial charge in [0.25, 0.3) is 11.7 Å². The molecule has 2 heterocycles. The molecule has 0 saturated carbocycles. The number of ketones is 1. The lowest BCUT2D eigenvalue weighted by molar-refractivity contribution is -0.140. The number of aryl methyl sites for hydroxylation is 1. The molecule has 0 bridgehead atoms. The molecule has 0 aliphatic carbocycles. The standard InChI is InChI=1S/C27H31ClN2O5/c1-17(2)35-22-9-6-20(16-18(22)3)25(31)23-24(19-4-7-21(28)8-5-19)30(27(33)26(23)32)11-10-29-12-14-34-15-13-29/h4-9,16-17,24,31H,10-15H2,1-3H3/t24-/m0/s1. The van der Waals surface area contributed by atoms with Crippen LogP contribution in [0.4, 0.5) is 0 Å². The van der Waals surface area contributed by atoms with Crippen molar-refractivity contribution < 1.29 is 24.2 Å². The Morgan fingerprint density at radius 1 is 1.11 bits per heavy atom. The lowest BCUT2D eigenvalue weighted by Gasteiger charge is -2.31. The second-order valence-electron chi connectivity index (χ2n) is 9.14. The van der Waals surface area contributed by atoms with Crippen LogP contribution < -0.4 is 4.74 Å². The Hall–Kier alpha value is -2.87. The SMILES string of the molecule is Cc1cc(C(O)=C2C(=O)C(=O)N(CCN3CCOCC3)[C@H]2c2ccc(Cl)cc2)ccc1OC(C)C. The maximum Gasteiger partial charge on any atom is 0.295 e. The minimum atomic E-state index is -0.708. The number of ether oxygens (including phenoxy) is 2. The summed E-state index contributed by atoms with van der Waals surface area (Å²) in [6, 6.07) is 11.6. The largest absolute Gasteiger partial charge is 0.507 e. The molecule has 35 heavy (non-hydrogen) atoms. The average Bonchev–Trinajstić information content (AvgIpc) is 3.09. The first kappa shape index (κ1) is 25.2. The third-order valence-electron chi connectivity index (χ3n) is 6.30. The molecule has 7 nitrogen and oxygen atoms in total. The first-order valence-corrected chi connectivity index (χ1v) is 12.3. The third kappa shape index (κ3) is 5.53. The van der Waals surface area contributed by atoms with Gasteiger partial charge in [-0.25, -0.2) is 0 Å². The number of benzene rings is 2. The van der Waals surface area contributed by atoms with E-state index in [1.54, 1.807) is 47.4 Å². The van der Waals surface area contributed by atoms with E-state index < -0.39 is 17.7 Å². The molecule has 2 saturated heterocycles. The zero-order valence-corrected chi connectivity index (χ0v) is 21.0. The molecule has 0 aromatic heterocycles. The van der Waals surface area contributed by atoms with Crippen molar-refractivity contribution in [2.75, 3.05) is 39.4 Å². The van der Waals surface area contributed by atoms with Crippen molar-refractivity contribution >= 4 is 29.1 Å². The number of hydrogen-bond donors (Lipinski definition) is 1. The number of aliphatic hydroxyl groups is 1. The van der Waals surface area contributed by atoms with Crippen molar-refractivity contribution in [2.24, 2.45) is 0 Å². The number of amides is 1. The van der Waals surface area contributed by atoms with Crippen molar-refractivity contribution in [1.29, 1.82) is 0 Å². The number of likely N-dealkylation sites (tertiary alicyclic amines) is 1. The van der Waals surface area contributed by atoms with Crippen LogP contribution in [-0.4, -0.2) is 72.1 Å². The highest BCUT2D eigenvalue weighted by Gasteiger charge is 2.46. The predicted molar refractivity (Wildman–Crippen MR) is 135 cm³/mol. The number of aliphatic hydroxyl groups excluding tert-OH is 1. The Morgan fingerprint density at radius 2 is 1.80 bits per heavy atom. The van der Waals surface area contributed by atoms with E-state index in [0.717, 1.165) is 18.7 Å². The number of Topliss-reactive ketones (excluding diaryl/α,β-unsaturated/α-hetero) is 1. The molecular weight excluding hydrogens is 468 g/mol. The summed E-state index contributed by atoms with van der Waals surface area (Å²) in [5.74, 6) is -0.797. The summed E-state index contributed by atoms with van der Waals surface area (Å²) in [4.78, 5) is 30.2. The Morgan fingerprint density at radius 3 is 2.43 bits per heavy atom. The van der Waals surface area contributed by atoms with Gasteiger partial charge in [0, 0.05) is 36.8 Å². The summed E-state index contributed by atoms with van der Waals surface area (Å²) >= 11 is 6.10. The molecule has 1 amide bonds. The van der Waals surface area contributed by atoms with Gasteiger partial charge in [-0.1, -0.05) is 23.7 Å². The van der Waals surface area contributed by atoms with E-state index >= 15 is 0 Å². The first-order chi connectivity index (χ1) is 16.8. The smallest absolute Gasteiger partial charge is 0.295 e. The van der Waals surface area contributed by atoms with Gasteiger partial charge in [0.15, 0.2) is 0 Å². The molecule has 2 aromatic carbocycles. The predicted octanol–water partition coefficient (Wildman–Crippen LogP) is 4.19. The van der Waals surface area contributed by atoms with Crippen molar-refractivity contribution in [3.8, 4) is 5.75 Å². The van der Waals surface area contributed by atoms with Crippen LogP contribution in [-0.2, 0) is 14.3 Å². The fourth-order valence-corrected chi connectivity index (χ4v) is 4.64. The monoisotopic (exact) mass is 498 g/mol. The molecule has 8 heteroatoms. The number of carbonyl (C=O) groups is 2. The second-order valence-corrected chi connectivity index (χ2v) is 9.58. The van der Waals surface area contributed by atoms with Gasteiger partial charge < -0.3 is 19.5 Å². The summed E-state index contributed by atoms with van der Waals surface area (Å²) in [6.07, 6.45) is 0.00911. The molecule has 2 aromatic rings. The molecule has 0 spiro atoms. The van der Waals surface area contributed by atoms with Crippen LogP contribution in [0.1, 0.15) is 36.6 Å². The molecule has 0 radical (unpaired) electrons. The number of rotatable bonds is 7. The highest BCUT2D eigenvalue weighted by atomic mass is 35.5. The summed E-state index contributed by atoms with van der Waals surface area (Å²) < 4.78 is 11.2. The van der Waals surface area contributed by atoms with Crippen LogP contribution >= 0.6 is 11.6 Å². The molecule has 0 unspecified atom stereocenters. The van der Waals surface area contributed by atoms with Crippen molar-refractivity contribution in [2.45, 2.75) is 32.9 Å². The lowest BCUT2D eigenvalue weighted by atomic mass is 9.95. The topological polar surface area (TPSA) is 79.3 Å². The zero-order valence-electron chi connectivity index (χ0n) is 20.3. The van der Waals surface area contributed by atoms with E-state index in [9.17, 15) is 14.7 Å². The minimum absolute atomic E-state index is 0.00911. The summed E-state index contributed by atoms with van der Waals surface area (Å²) in [7, 11) is 0. The summed E-state index contributed by atoms with van der Waals surface area (Å²) in [6.45, 7) is 9.58. The van der Waals surface area contributed by atoms with Gasteiger partial charge in [0.2, 0.25) is 0 Å². The number of hydrogen-bond acceptors (Lipinski definition) is 6. The molecule has 2 aliphatic rings. The normalized spacial score (nSPS) is 20.6. The van der Waals surface area contributed by atoms with Crippen LogP contribution in [0.15, 0.2) is 48.0 Å². The van der Waals surface area contributed by atoms with Crippen LogP contribution in [0, 0.1) is 6.92 Å². The Kier molecular flexibility index (Phi) is 7.79. The van der Waals surface area contributed by atoms with E-state index in [4.69, 9.17) is 21.1 Å². The Balaban J connectivity index is 1.72. The molecule has 2 fully saturated rings. The molecule has 4 rings (SSSR count). The maximum atomic E-state index is 13.2. The molecular formula is C27H31ClN2O5. The number of halogens is 1. The maximum absolute atomic E-state index is 13.2. The number of nitrogens with zero attached hydrogens (tertiary/aromatic N) is 2. The van der Waals surface area contributed by atoms with Crippen LogP contribution in [0.2, 0.25) is 5.02 Å². The fourth-order valence-electron chi connectivity index (χ4n) is 4.51. The van der Waals surface area contributed by atoms with Crippen molar-refractivity contribution in [3.05, 3.63) is 69.8 Å². The van der Waals surface area contributed by atoms with Gasteiger partial charge in [-0.2, -0.15) is 0 Å². The van der Waals surface area contributed by atoms with E-state index in [-0.39, 0.29) is 17.4 Å². The second kappa shape index (κ2) is 10.8. The number of morpholine rings is 1. The molecule has 1 atom stereocenters. The van der Waals surface area contributed by atoms with Gasteiger partial charge in [0.1, 0.15) is 11.5 Å². The van der Waals surface area contributed by atoms with Crippen LogP contribution in [0.5, 0.6) is 5.75 Å². The molecule has 1 N–H and O–H groups in total. The van der Waals surface area contributed by atoms with Crippen LogP contribution in [0.25, 0.3) is 5.76 Å². The van der Waals surface area contributed by atoms with Gasteiger partial charge in [-0.05, 0) is 62.2 Å². The van der Waals surface area contributed by atoms with Crippen LogP contribution in [0.3, 0.4) is 0 Å². The third-order valence-corrected chi connectivity index (χ3v) is 6.55. The first-order valence-electron chi connectivity index (χ1n) is 11.9. The van der Waals surface area contributed by atoms with Gasteiger partial charge in [-0.3, -0.25) is 14.5 Å². The van der Waals surface area contributed by atoms with Gasteiger partial charge in [-0.15, -0.1) is 0 Å². The van der Waals surface area contributed by atoms with Crippen molar-refractivity contribution in [1.82, 2.24) is 9.80 Å². The summed E-state index contributed by atoms with van der Waals surface area (Å²) in [5, 5.41) is 11.9. The van der Waals surface area contributed by atoms with Crippen molar-refractivity contribution in [3.63, 3.8) is 0 Å². The van der Waals surface area contributed by atoms with E-state index in [1.807, 2.05) is 20.8 Å². The van der Waals surface area contributed by atoms with Gasteiger partial charge >= 0.3 is 0 Å². The van der Waals surface area contributed by atoms with E-state index in [2.05, 4.69) is 4.90 Å². The Bertz CT molecular complexity index is 1120. The molecule has 186 valence electrons. The number of carbonyl (C=O) groups excluding carboxylic acids is 2. The summed E-state index contributed by atoms with van der Waals surface area (Å²) in [5.41, 5.74) is 2.08. The lowest BCUT2D eigenvalue weighted by Crippen LogP contribution is -2.42. The minimum Gasteiger partial charge on any atom is -0.507 e. The fraction of sp³-hybridized carbons (Fsp3) is 0.407. The van der Waals surface area contributed by atoms with E-state index in [0.29, 0.717) is 48.2 Å². The zero-order chi connectivity index (χ0) is 25.1. The highest BCUT2D eigenvalue weighted by Crippen LogP contribution is 2.40.